The molecule has 18 heavy (non-hydrogen) atoms. The van der Waals surface area contributed by atoms with Gasteiger partial charge in [-0.3, -0.25) is 15.0 Å². The van der Waals surface area contributed by atoms with Gasteiger partial charge in [0.25, 0.3) is 5.91 Å². The smallest absolute Gasteiger partial charge is 0.290 e. The van der Waals surface area contributed by atoms with Crippen LogP contribution in [0.15, 0.2) is 6.33 Å². The van der Waals surface area contributed by atoms with Crippen LogP contribution in [0.4, 0.5) is 0 Å². The minimum atomic E-state index is -0.284. The molecule has 8 nitrogen and oxygen atoms in total. The Balaban J connectivity index is 1.80. The van der Waals surface area contributed by atoms with E-state index in [4.69, 9.17) is 0 Å². The first-order valence-corrected chi connectivity index (χ1v) is 5.83. The number of hydrogen-bond donors (Lipinski definition) is 3. The molecule has 0 aliphatic heterocycles. The first-order chi connectivity index (χ1) is 8.79. The van der Waals surface area contributed by atoms with E-state index in [1.165, 1.54) is 6.33 Å². The van der Waals surface area contributed by atoms with E-state index >= 15 is 0 Å². The first-order valence-electron chi connectivity index (χ1n) is 5.83. The molecule has 8 heteroatoms. The Hall–Kier alpha value is -2.25. The highest BCUT2D eigenvalue weighted by molar-refractivity contribution is 5.90. The lowest BCUT2D eigenvalue weighted by Crippen LogP contribution is -2.27. The fourth-order valence-electron chi connectivity index (χ4n) is 1.47. The van der Waals surface area contributed by atoms with E-state index in [0.29, 0.717) is 13.0 Å². The molecule has 2 aromatic heterocycles. The summed E-state index contributed by atoms with van der Waals surface area (Å²) in [6.07, 6.45) is 3.78. The maximum atomic E-state index is 11.7. The summed E-state index contributed by atoms with van der Waals surface area (Å²) >= 11 is 0. The Morgan fingerprint density at radius 2 is 2.22 bits per heavy atom. The Kier molecular flexibility index (Phi) is 4.00. The number of carbonyl (C=O) groups is 1. The van der Waals surface area contributed by atoms with Gasteiger partial charge >= 0.3 is 0 Å². The summed E-state index contributed by atoms with van der Waals surface area (Å²) < 4.78 is 0. The minimum absolute atomic E-state index is 0.177. The molecule has 0 aromatic carbocycles. The first kappa shape index (κ1) is 12.2. The molecule has 0 radical (unpaired) electrons. The molecule has 0 saturated carbocycles. The number of nitrogens with zero attached hydrogens (tertiary/aromatic N) is 4. The van der Waals surface area contributed by atoms with Gasteiger partial charge in [-0.25, -0.2) is 9.97 Å². The lowest BCUT2D eigenvalue weighted by molar-refractivity contribution is 0.0944. The molecule has 0 spiro atoms. The van der Waals surface area contributed by atoms with Gasteiger partial charge in [0.1, 0.15) is 18.0 Å². The highest BCUT2D eigenvalue weighted by Crippen LogP contribution is 1.96. The molecule has 0 atom stereocenters. The maximum Gasteiger partial charge on any atom is 0.290 e. The number of rotatable bonds is 6. The zero-order valence-electron chi connectivity index (χ0n) is 10.1. The van der Waals surface area contributed by atoms with Crippen molar-refractivity contribution in [2.75, 3.05) is 6.54 Å². The predicted molar refractivity (Wildman–Crippen MR) is 62.8 cm³/mol. The van der Waals surface area contributed by atoms with Crippen LogP contribution in [-0.4, -0.2) is 42.8 Å². The van der Waals surface area contributed by atoms with Crippen LogP contribution in [-0.2, 0) is 12.8 Å². The van der Waals surface area contributed by atoms with Gasteiger partial charge in [0, 0.05) is 19.4 Å². The quantitative estimate of drug-likeness (QED) is 0.659. The zero-order valence-corrected chi connectivity index (χ0v) is 10.1. The van der Waals surface area contributed by atoms with Gasteiger partial charge in [0.05, 0.1) is 0 Å². The van der Waals surface area contributed by atoms with E-state index in [1.54, 1.807) is 0 Å². The van der Waals surface area contributed by atoms with Crippen molar-refractivity contribution >= 4 is 5.91 Å². The predicted octanol–water partition coefficient (Wildman–Crippen LogP) is -0.152. The average molecular weight is 249 g/mol. The van der Waals surface area contributed by atoms with Gasteiger partial charge in [-0.1, -0.05) is 6.92 Å². The van der Waals surface area contributed by atoms with E-state index in [1.807, 2.05) is 6.92 Å². The van der Waals surface area contributed by atoms with Crippen molar-refractivity contribution in [2.24, 2.45) is 0 Å². The summed E-state index contributed by atoms with van der Waals surface area (Å²) in [5, 5.41) is 15.8. The fraction of sp³-hybridized carbons (Fsp3) is 0.500. The number of nitrogens with one attached hydrogen (secondary N) is 3. The van der Waals surface area contributed by atoms with Gasteiger partial charge in [-0.05, 0) is 6.42 Å². The van der Waals surface area contributed by atoms with Gasteiger partial charge in [-0.15, -0.1) is 5.10 Å². The number of H-pyrrole nitrogens is 2. The molecule has 2 rings (SSSR count). The van der Waals surface area contributed by atoms with Crippen LogP contribution in [0, 0.1) is 0 Å². The average Bonchev–Trinajstić information content (AvgIpc) is 3.00. The Bertz CT molecular complexity index is 490. The van der Waals surface area contributed by atoms with Crippen LogP contribution in [0.3, 0.4) is 0 Å². The molecule has 2 heterocycles. The van der Waals surface area contributed by atoms with Gasteiger partial charge in [-0.2, -0.15) is 5.10 Å². The minimum Gasteiger partial charge on any atom is -0.349 e. The van der Waals surface area contributed by atoms with Crippen LogP contribution in [0.2, 0.25) is 0 Å². The molecule has 0 aliphatic carbocycles. The van der Waals surface area contributed by atoms with E-state index in [0.717, 1.165) is 24.5 Å². The summed E-state index contributed by atoms with van der Waals surface area (Å²) in [7, 11) is 0. The Morgan fingerprint density at radius 3 is 2.94 bits per heavy atom. The summed E-state index contributed by atoms with van der Waals surface area (Å²) in [4.78, 5) is 19.7. The van der Waals surface area contributed by atoms with Crippen LogP contribution >= 0.6 is 0 Å². The van der Waals surface area contributed by atoms with Crippen molar-refractivity contribution in [1.82, 2.24) is 35.7 Å². The Morgan fingerprint density at radius 1 is 1.33 bits per heavy atom. The number of amides is 1. The summed E-state index contributed by atoms with van der Waals surface area (Å²) in [6.45, 7) is 2.51. The third-order valence-electron chi connectivity index (χ3n) is 2.33. The summed E-state index contributed by atoms with van der Waals surface area (Å²) in [5.41, 5.74) is 0. The molecule has 2 aromatic rings. The van der Waals surface area contributed by atoms with Crippen LogP contribution in [0.5, 0.6) is 0 Å². The van der Waals surface area contributed by atoms with Gasteiger partial charge in [0.2, 0.25) is 5.82 Å². The van der Waals surface area contributed by atoms with Crippen molar-refractivity contribution in [3.05, 3.63) is 23.8 Å². The van der Waals surface area contributed by atoms with Crippen molar-refractivity contribution in [3.63, 3.8) is 0 Å². The number of aryl methyl sites for hydroxylation is 1. The fourth-order valence-corrected chi connectivity index (χ4v) is 1.47. The van der Waals surface area contributed by atoms with E-state index in [-0.39, 0.29) is 11.7 Å². The molecular formula is C10H15N7O. The number of aromatic nitrogens is 6. The van der Waals surface area contributed by atoms with Gasteiger partial charge < -0.3 is 5.32 Å². The third kappa shape index (κ3) is 3.12. The largest absolute Gasteiger partial charge is 0.349 e. The highest BCUT2D eigenvalue weighted by atomic mass is 16.2. The molecule has 1 amide bonds. The van der Waals surface area contributed by atoms with Crippen LogP contribution in [0.25, 0.3) is 0 Å². The number of carbonyl (C=O) groups excluding carboxylic acids is 1. The van der Waals surface area contributed by atoms with E-state index < -0.39 is 0 Å². The SMILES string of the molecule is CCCc1nc(C(=O)NCCc2ncn[nH]2)n[nH]1. The lowest BCUT2D eigenvalue weighted by Gasteiger charge is -1.99. The topological polar surface area (TPSA) is 112 Å². The number of hydrogen-bond acceptors (Lipinski definition) is 5. The summed E-state index contributed by atoms with van der Waals surface area (Å²) in [6, 6.07) is 0. The molecule has 0 unspecified atom stereocenters. The second-order valence-electron chi connectivity index (χ2n) is 3.79. The second-order valence-corrected chi connectivity index (χ2v) is 3.79. The van der Waals surface area contributed by atoms with E-state index in [2.05, 4.69) is 35.7 Å². The van der Waals surface area contributed by atoms with Crippen molar-refractivity contribution < 1.29 is 4.79 Å². The van der Waals surface area contributed by atoms with Crippen molar-refractivity contribution in [3.8, 4) is 0 Å². The molecule has 0 aliphatic rings. The van der Waals surface area contributed by atoms with Crippen LogP contribution < -0.4 is 5.32 Å². The van der Waals surface area contributed by atoms with E-state index in [9.17, 15) is 4.79 Å². The zero-order chi connectivity index (χ0) is 12.8. The standard InChI is InChI=1S/C10H15N7O/c1-2-3-8-14-9(17-16-8)10(18)11-5-4-7-12-6-13-15-7/h6H,2-5H2,1H3,(H,11,18)(H,12,13,15)(H,14,16,17). The molecule has 0 saturated heterocycles. The normalized spacial score (nSPS) is 10.5. The maximum absolute atomic E-state index is 11.7. The molecule has 96 valence electrons. The van der Waals surface area contributed by atoms with Crippen molar-refractivity contribution in [2.45, 2.75) is 26.2 Å². The summed E-state index contributed by atoms with van der Waals surface area (Å²) in [5.74, 6) is 1.36. The number of aromatic amines is 2. The highest BCUT2D eigenvalue weighted by Gasteiger charge is 2.11. The lowest BCUT2D eigenvalue weighted by atomic mass is 10.3. The monoisotopic (exact) mass is 249 g/mol. The van der Waals surface area contributed by atoms with Gasteiger partial charge in [0.15, 0.2) is 0 Å². The second kappa shape index (κ2) is 5.89. The molecular weight excluding hydrogens is 234 g/mol. The third-order valence-corrected chi connectivity index (χ3v) is 2.33. The molecule has 0 fully saturated rings. The molecule has 0 bridgehead atoms. The van der Waals surface area contributed by atoms with Crippen molar-refractivity contribution in [1.29, 1.82) is 0 Å². The molecule has 3 N–H and O–H groups in total. The Labute approximate surface area is 104 Å². The van der Waals surface area contributed by atoms with Crippen LogP contribution in [0.1, 0.15) is 35.6 Å².